The Morgan fingerprint density at radius 1 is 1.21 bits per heavy atom. The Hall–Kier alpha value is -3.83. The molecule has 28 heavy (non-hydrogen) atoms. The highest BCUT2D eigenvalue weighted by Gasteiger charge is 2.18. The second kappa shape index (κ2) is 7.42. The second-order valence-electron chi connectivity index (χ2n) is 5.89. The number of aromatic nitrogens is 3. The molecule has 0 saturated heterocycles. The van der Waals surface area contributed by atoms with E-state index >= 15 is 0 Å². The van der Waals surface area contributed by atoms with Gasteiger partial charge in [0.1, 0.15) is 6.42 Å². The molecule has 7 nitrogen and oxygen atoms in total. The van der Waals surface area contributed by atoms with Crippen molar-refractivity contribution in [3.8, 4) is 17.3 Å². The number of nitrogens with zero attached hydrogens (tertiary/aromatic N) is 4. The minimum Gasteiger partial charge on any atom is -0.325 e. The van der Waals surface area contributed by atoms with Gasteiger partial charge in [0.2, 0.25) is 11.7 Å². The molecule has 0 atom stereocenters. The number of fused-ring (bicyclic) bond motifs is 1. The van der Waals surface area contributed by atoms with Gasteiger partial charge in [-0.1, -0.05) is 18.2 Å². The fraction of sp³-hybridized carbons (Fsp3) is 0.0500. The Labute approximate surface area is 163 Å². The van der Waals surface area contributed by atoms with E-state index in [1.54, 1.807) is 41.0 Å². The lowest BCUT2D eigenvalue weighted by Gasteiger charge is -2.08. The van der Waals surface area contributed by atoms with E-state index in [2.05, 4.69) is 15.4 Å². The predicted molar refractivity (Wildman–Crippen MR) is 105 cm³/mol. The minimum absolute atomic E-state index is 0.118. The first-order valence-electron chi connectivity index (χ1n) is 8.35. The summed E-state index contributed by atoms with van der Waals surface area (Å²) in [5.41, 5.74) is 2.99. The van der Waals surface area contributed by atoms with Crippen LogP contribution in [-0.2, 0) is 4.79 Å². The summed E-state index contributed by atoms with van der Waals surface area (Å²) < 4.78 is 1.61. The molecule has 4 rings (SSSR count). The van der Waals surface area contributed by atoms with Gasteiger partial charge in [0.25, 0.3) is 0 Å². The van der Waals surface area contributed by atoms with Crippen LogP contribution in [-0.4, -0.2) is 26.3 Å². The van der Waals surface area contributed by atoms with Crippen molar-refractivity contribution in [2.45, 2.75) is 6.42 Å². The van der Waals surface area contributed by atoms with Crippen LogP contribution in [0.4, 0.5) is 5.69 Å². The van der Waals surface area contributed by atoms with Crippen LogP contribution in [0.3, 0.4) is 0 Å². The van der Waals surface area contributed by atoms with Crippen molar-refractivity contribution in [3.05, 3.63) is 70.7 Å². The van der Waals surface area contributed by atoms with Crippen LogP contribution in [0, 0.1) is 11.3 Å². The Morgan fingerprint density at radius 2 is 2.11 bits per heavy atom. The van der Waals surface area contributed by atoms with E-state index in [-0.39, 0.29) is 18.1 Å². The Bertz CT molecular complexity index is 1220. The van der Waals surface area contributed by atoms with Crippen LogP contribution in [0.5, 0.6) is 0 Å². The number of anilines is 1. The van der Waals surface area contributed by atoms with Crippen molar-refractivity contribution in [3.63, 3.8) is 0 Å². The van der Waals surface area contributed by atoms with Gasteiger partial charge in [-0.15, -0.1) is 11.3 Å². The fourth-order valence-corrected chi connectivity index (χ4v) is 3.52. The molecule has 136 valence electrons. The van der Waals surface area contributed by atoms with Gasteiger partial charge in [-0.3, -0.25) is 9.59 Å². The number of nitriles is 1. The maximum atomic E-state index is 12.7. The number of nitrogens with one attached hydrogen (secondary N) is 1. The van der Waals surface area contributed by atoms with Gasteiger partial charge >= 0.3 is 0 Å². The maximum absolute atomic E-state index is 12.7. The number of benzene rings is 1. The minimum atomic E-state index is -0.373. The highest BCUT2D eigenvalue weighted by atomic mass is 32.1. The smallest absolute Gasteiger partial charge is 0.238 e. The lowest BCUT2D eigenvalue weighted by molar-refractivity contribution is -0.115. The first-order chi connectivity index (χ1) is 13.7. The Kier molecular flexibility index (Phi) is 4.66. The number of thiophene rings is 1. The molecule has 1 N–H and O–H groups in total. The number of rotatable bonds is 5. The quantitative estimate of drug-likeness (QED) is 0.528. The third-order valence-electron chi connectivity index (χ3n) is 4.07. The van der Waals surface area contributed by atoms with Gasteiger partial charge in [-0.05, 0) is 29.6 Å². The third kappa shape index (κ3) is 3.26. The molecule has 0 radical (unpaired) electrons. The first-order valence-corrected chi connectivity index (χ1v) is 9.23. The Morgan fingerprint density at radius 3 is 2.89 bits per heavy atom. The number of ketones is 1. The Balaban J connectivity index is 1.74. The lowest BCUT2D eigenvalue weighted by atomic mass is 10.1. The topological polar surface area (TPSA) is 100 Å². The van der Waals surface area contributed by atoms with Crippen molar-refractivity contribution < 1.29 is 9.59 Å². The van der Waals surface area contributed by atoms with E-state index in [0.29, 0.717) is 21.8 Å². The molecule has 8 heteroatoms. The predicted octanol–water partition coefficient (Wildman–Crippen LogP) is 3.54. The number of hydrogen-bond acceptors (Lipinski definition) is 6. The molecular weight excluding hydrogens is 374 g/mol. The normalized spacial score (nSPS) is 10.5. The first kappa shape index (κ1) is 17.6. The van der Waals surface area contributed by atoms with Crippen LogP contribution in [0.2, 0.25) is 0 Å². The maximum Gasteiger partial charge on any atom is 0.238 e. The average molecular weight is 387 g/mol. The van der Waals surface area contributed by atoms with E-state index in [9.17, 15) is 9.59 Å². The van der Waals surface area contributed by atoms with Gasteiger partial charge in [0.15, 0.2) is 5.65 Å². The van der Waals surface area contributed by atoms with Crippen LogP contribution in [0.1, 0.15) is 21.7 Å². The standard InChI is InChI=1S/C20H13N5O2S/c21-8-6-18(26)24-14-4-1-3-13(11-14)16-7-9-22-20-15(12-23-25(16)20)19(27)17-5-2-10-28-17/h1-5,7,9-12H,6H2,(H,24,26). The number of carbonyl (C=O) groups is 2. The van der Waals surface area contributed by atoms with Crippen molar-refractivity contribution in [1.29, 1.82) is 5.26 Å². The molecule has 0 aliphatic rings. The summed E-state index contributed by atoms with van der Waals surface area (Å²) in [7, 11) is 0. The van der Waals surface area contributed by atoms with Crippen molar-refractivity contribution >= 4 is 34.4 Å². The van der Waals surface area contributed by atoms with Gasteiger partial charge < -0.3 is 5.32 Å². The van der Waals surface area contributed by atoms with Gasteiger partial charge in [-0.2, -0.15) is 10.4 Å². The van der Waals surface area contributed by atoms with Gasteiger partial charge in [0, 0.05) is 17.4 Å². The largest absolute Gasteiger partial charge is 0.325 e. The van der Waals surface area contributed by atoms with Gasteiger partial charge in [0.05, 0.1) is 28.4 Å². The van der Waals surface area contributed by atoms with Crippen LogP contribution in [0.25, 0.3) is 16.9 Å². The molecule has 0 fully saturated rings. The van der Waals surface area contributed by atoms with E-state index in [4.69, 9.17) is 5.26 Å². The molecule has 3 aromatic heterocycles. The van der Waals surface area contributed by atoms with Crippen molar-refractivity contribution in [2.24, 2.45) is 0 Å². The highest BCUT2D eigenvalue weighted by Crippen LogP contribution is 2.25. The van der Waals surface area contributed by atoms with Crippen molar-refractivity contribution in [2.75, 3.05) is 5.32 Å². The second-order valence-corrected chi connectivity index (χ2v) is 6.84. The highest BCUT2D eigenvalue weighted by molar-refractivity contribution is 7.12. The molecule has 0 spiro atoms. The summed E-state index contributed by atoms with van der Waals surface area (Å²) in [6, 6.07) is 14.4. The van der Waals surface area contributed by atoms with E-state index in [1.165, 1.54) is 17.5 Å². The molecule has 1 amide bonds. The molecule has 4 aromatic rings. The summed E-state index contributed by atoms with van der Waals surface area (Å²) in [4.78, 5) is 29.3. The molecular formula is C20H13N5O2S. The summed E-state index contributed by atoms with van der Waals surface area (Å²) >= 11 is 1.37. The number of carbonyl (C=O) groups excluding carboxylic acids is 2. The summed E-state index contributed by atoms with van der Waals surface area (Å²) in [5, 5.41) is 17.5. The third-order valence-corrected chi connectivity index (χ3v) is 4.94. The lowest BCUT2D eigenvalue weighted by Crippen LogP contribution is -2.10. The molecule has 0 saturated carbocycles. The zero-order valence-electron chi connectivity index (χ0n) is 14.5. The van der Waals surface area contributed by atoms with Crippen LogP contribution < -0.4 is 5.32 Å². The molecule has 0 aliphatic heterocycles. The van der Waals surface area contributed by atoms with E-state index in [1.807, 2.05) is 23.6 Å². The molecule has 0 unspecified atom stereocenters. The molecule has 0 bridgehead atoms. The average Bonchev–Trinajstić information content (AvgIpc) is 3.38. The fourth-order valence-electron chi connectivity index (χ4n) is 2.84. The van der Waals surface area contributed by atoms with Gasteiger partial charge in [-0.25, -0.2) is 9.50 Å². The summed E-state index contributed by atoms with van der Waals surface area (Å²) in [5.74, 6) is -0.491. The zero-order valence-corrected chi connectivity index (χ0v) is 15.3. The van der Waals surface area contributed by atoms with E-state index in [0.717, 1.165) is 11.3 Å². The van der Waals surface area contributed by atoms with Crippen LogP contribution in [0.15, 0.2) is 60.2 Å². The molecule has 1 aromatic carbocycles. The zero-order chi connectivity index (χ0) is 19.5. The van der Waals surface area contributed by atoms with Crippen molar-refractivity contribution in [1.82, 2.24) is 14.6 Å². The summed E-state index contributed by atoms with van der Waals surface area (Å²) in [6.45, 7) is 0. The summed E-state index contributed by atoms with van der Waals surface area (Å²) in [6.07, 6.45) is 2.93. The number of amides is 1. The SMILES string of the molecule is N#CCC(=O)Nc1cccc(-c2ccnc3c(C(=O)c4cccs4)cnn23)c1. The molecule has 0 aliphatic carbocycles. The monoisotopic (exact) mass is 387 g/mol. The number of hydrogen-bond donors (Lipinski definition) is 1. The van der Waals surface area contributed by atoms with Crippen LogP contribution >= 0.6 is 11.3 Å². The van der Waals surface area contributed by atoms with E-state index < -0.39 is 0 Å². The molecule has 3 heterocycles.